The number of ether oxygens (including phenoxy) is 2. The standard InChI is InChI=1S/C13H23NO2S/c1-10-11(7-12(8-14)17-10)9-15-5-6-16-13(2,3)4/h7H,5-6,8-9,14H2,1-4H3. The molecule has 0 bridgehead atoms. The van der Waals surface area contributed by atoms with Crippen molar-refractivity contribution in [1.82, 2.24) is 0 Å². The molecule has 0 aromatic carbocycles. The molecular weight excluding hydrogens is 234 g/mol. The highest BCUT2D eigenvalue weighted by Crippen LogP contribution is 2.21. The highest BCUT2D eigenvalue weighted by Gasteiger charge is 2.09. The van der Waals surface area contributed by atoms with Crippen molar-refractivity contribution in [1.29, 1.82) is 0 Å². The fourth-order valence-electron chi connectivity index (χ4n) is 1.42. The van der Waals surface area contributed by atoms with Crippen molar-refractivity contribution in [2.24, 2.45) is 5.73 Å². The van der Waals surface area contributed by atoms with Crippen LogP contribution in [0.3, 0.4) is 0 Å². The van der Waals surface area contributed by atoms with E-state index in [4.69, 9.17) is 15.2 Å². The van der Waals surface area contributed by atoms with Crippen molar-refractivity contribution < 1.29 is 9.47 Å². The van der Waals surface area contributed by atoms with Crippen LogP contribution in [0.15, 0.2) is 6.07 Å². The van der Waals surface area contributed by atoms with Crippen molar-refractivity contribution in [3.05, 3.63) is 21.4 Å². The summed E-state index contributed by atoms with van der Waals surface area (Å²) in [6.07, 6.45) is 0. The van der Waals surface area contributed by atoms with Crippen LogP contribution < -0.4 is 5.73 Å². The molecule has 0 atom stereocenters. The third-order valence-corrected chi connectivity index (χ3v) is 3.41. The number of rotatable bonds is 6. The Bertz CT molecular complexity index is 342. The van der Waals surface area contributed by atoms with E-state index in [9.17, 15) is 0 Å². The lowest BCUT2D eigenvalue weighted by molar-refractivity contribution is -0.0377. The summed E-state index contributed by atoms with van der Waals surface area (Å²) in [6.45, 7) is 10.8. The third kappa shape index (κ3) is 5.64. The van der Waals surface area contributed by atoms with Gasteiger partial charge in [-0.05, 0) is 39.3 Å². The van der Waals surface area contributed by atoms with E-state index in [1.165, 1.54) is 15.3 Å². The molecule has 0 amide bonds. The number of hydrogen-bond donors (Lipinski definition) is 1. The molecule has 3 nitrogen and oxygen atoms in total. The van der Waals surface area contributed by atoms with Crippen LogP contribution in [0.1, 0.15) is 36.1 Å². The minimum absolute atomic E-state index is 0.0889. The maximum absolute atomic E-state index is 5.61. The first-order chi connectivity index (χ1) is 7.92. The average molecular weight is 257 g/mol. The van der Waals surface area contributed by atoms with Crippen LogP contribution in [0.2, 0.25) is 0 Å². The van der Waals surface area contributed by atoms with Crippen molar-refractivity contribution in [2.45, 2.75) is 46.4 Å². The summed E-state index contributed by atoms with van der Waals surface area (Å²) in [5, 5.41) is 0. The van der Waals surface area contributed by atoms with Gasteiger partial charge in [-0.2, -0.15) is 0 Å². The molecule has 0 unspecified atom stereocenters. The van der Waals surface area contributed by atoms with E-state index in [-0.39, 0.29) is 5.60 Å². The largest absolute Gasteiger partial charge is 0.374 e. The summed E-state index contributed by atoms with van der Waals surface area (Å²) in [7, 11) is 0. The summed E-state index contributed by atoms with van der Waals surface area (Å²) < 4.78 is 11.2. The normalized spacial score (nSPS) is 12.1. The van der Waals surface area contributed by atoms with Gasteiger partial charge < -0.3 is 15.2 Å². The van der Waals surface area contributed by atoms with Gasteiger partial charge in [0.25, 0.3) is 0 Å². The zero-order valence-electron chi connectivity index (χ0n) is 11.2. The van der Waals surface area contributed by atoms with Crippen molar-refractivity contribution in [3.8, 4) is 0 Å². The monoisotopic (exact) mass is 257 g/mol. The van der Waals surface area contributed by atoms with Crippen LogP contribution in [0.4, 0.5) is 0 Å². The van der Waals surface area contributed by atoms with Crippen LogP contribution in [0.5, 0.6) is 0 Å². The smallest absolute Gasteiger partial charge is 0.0728 e. The maximum Gasteiger partial charge on any atom is 0.0728 e. The Balaban J connectivity index is 2.24. The van der Waals surface area contributed by atoms with Gasteiger partial charge in [0.2, 0.25) is 0 Å². The molecule has 4 heteroatoms. The van der Waals surface area contributed by atoms with Gasteiger partial charge in [0.1, 0.15) is 0 Å². The van der Waals surface area contributed by atoms with Crippen LogP contribution >= 0.6 is 11.3 Å². The van der Waals surface area contributed by atoms with Gasteiger partial charge in [-0.3, -0.25) is 0 Å². The van der Waals surface area contributed by atoms with Gasteiger partial charge in [-0.15, -0.1) is 11.3 Å². The Labute approximate surface area is 108 Å². The van der Waals surface area contributed by atoms with Crippen LogP contribution in [0, 0.1) is 6.92 Å². The maximum atomic E-state index is 5.61. The van der Waals surface area contributed by atoms with E-state index < -0.39 is 0 Å². The van der Waals surface area contributed by atoms with Gasteiger partial charge in [0.15, 0.2) is 0 Å². The highest BCUT2D eigenvalue weighted by molar-refractivity contribution is 7.12. The predicted octanol–water partition coefficient (Wildman–Crippen LogP) is 2.85. The first kappa shape index (κ1) is 14.6. The summed E-state index contributed by atoms with van der Waals surface area (Å²) in [4.78, 5) is 2.51. The lowest BCUT2D eigenvalue weighted by Crippen LogP contribution is -2.21. The van der Waals surface area contributed by atoms with Gasteiger partial charge in [-0.25, -0.2) is 0 Å². The molecule has 2 N–H and O–H groups in total. The van der Waals surface area contributed by atoms with Crippen molar-refractivity contribution in [2.75, 3.05) is 13.2 Å². The Morgan fingerprint density at radius 3 is 2.53 bits per heavy atom. The third-order valence-electron chi connectivity index (χ3n) is 2.29. The molecule has 1 aromatic rings. The molecule has 17 heavy (non-hydrogen) atoms. The van der Waals surface area contributed by atoms with E-state index in [1.807, 2.05) is 20.8 Å². The van der Waals surface area contributed by atoms with Crippen LogP contribution in [0.25, 0.3) is 0 Å². The summed E-state index contributed by atoms with van der Waals surface area (Å²) in [6, 6.07) is 2.13. The zero-order valence-corrected chi connectivity index (χ0v) is 12.0. The molecule has 0 fully saturated rings. The van der Waals surface area contributed by atoms with Crippen molar-refractivity contribution >= 4 is 11.3 Å². The minimum atomic E-state index is -0.0889. The highest BCUT2D eigenvalue weighted by atomic mass is 32.1. The molecule has 0 saturated carbocycles. The fraction of sp³-hybridized carbons (Fsp3) is 0.692. The quantitative estimate of drug-likeness (QED) is 0.797. The average Bonchev–Trinajstić information content (AvgIpc) is 2.57. The number of nitrogens with two attached hydrogens (primary N) is 1. The molecule has 0 aliphatic rings. The predicted molar refractivity (Wildman–Crippen MR) is 72.3 cm³/mol. The summed E-state index contributed by atoms with van der Waals surface area (Å²) >= 11 is 1.75. The molecule has 98 valence electrons. The van der Waals surface area contributed by atoms with E-state index in [1.54, 1.807) is 11.3 Å². The second-order valence-electron chi connectivity index (χ2n) is 5.01. The van der Waals surface area contributed by atoms with Gasteiger partial charge >= 0.3 is 0 Å². The Morgan fingerprint density at radius 2 is 2.00 bits per heavy atom. The Kier molecular flexibility index (Phi) is 5.59. The first-order valence-corrected chi connectivity index (χ1v) is 6.74. The second kappa shape index (κ2) is 6.50. The molecule has 1 aromatic heterocycles. The minimum Gasteiger partial charge on any atom is -0.374 e. The van der Waals surface area contributed by atoms with E-state index >= 15 is 0 Å². The number of hydrogen-bond acceptors (Lipinski definition) is 4. The van der Waals surface area contributed by atoms with Gasteiger partial charge in [-0.1, -0.05) is 0 Å². The lowest BCUT2D eigenvalue weighted by Gasteiger charge is -2.19. The van der Waals surface area contributed by atoms with E-state index in [2.05, 4.69) is 13.0 Å². The van der Waals surface area contributed by atoms with E-state index in [0.717, 1.165) is 0 Å². The first-order valence-electron chi connectivity index (χ1n) is 5.92. The number of aryl methyl sites for hydroxylation is 1. The molecule has 0 aliphatic heterocycles. The number of thiophene rings is 1. The van der Waals surface area contributed by atoms with E-state index in [0.29, 0.717) is 26.4 Å². The second-order valence-corrected chi connectivity index (χ2v) is 6.35. The zero-order chi connectivity index (χ0) is 12.9. The summed E-state index contributed by atoms with van der Waals surface area (Å²) in [5.41, 5.74) is 6.76. The molecular formula is C13H23NO2S. The molecule has 0 spiro atoms. The SMILES string of the molecule is Cc1sc(CN)cc1COCCOC(C)(C)C. The lowest BCUT2D eigenvalue weighted by atomic mass is 10.2. The molecule has 1 heterocycles. The Hall–Kier alpha value is -0.420. The fourth-order valence-corrected chi connectivity index (χ4v) is 2.35. The van der Waals surface area contributed by atoms with Crippen molar-refractivity contribution in [3.63, 3.8) is 0 Å². The molecule has 0 radical (unpaired) electrons. The summed E-state index contributed by atoms with van der Waals surface area (Å²) in [5.74, 6) is 0. The molecule has 0 saturated heterocycles. The topological polar surface area (TPSA) is 44.5 Å². The van der Waals surface area contributed by atoms with Crippen LogP contribution in [-0.4, -0.2) is 18.8 Å². The Morgan fingerprint density at radius 1 is 1.29 bits per heavy atom. The molecule has 1 rings (SSSR count). The van der Waals surface area contributed by atoms with Gasteiger partial charge in [0.05, 0.1) is 25.4 Å². The van der Waals surface area contributed by atoms with Gasteiger partial charge in [0, 0.05) is 16.3 Å². The molecule has 0 aliphatic carbocycles. The van der Waals surface area contributed by atoms with Crippen LogP contribution in [-0.2, 0) is 22.6 Å².